The van der Waals surface area contributed by atoms with Crippen LogP contribution in [0, 0.1) is 0 Å². The summed E-state index contributed by atoms with van der Waals surface area (Å²) in [6, 6.07) is 4.16. The van der Waals surface area contributed by atoms with Crippen LogP contribution in [0.3, 0.4) is 0 Å². The zero-order chi connectivity index (χ0) is 9.14. The molecule has 13 heavy (non-hydrogen) atoms. The van der Waals surface area contributed by atoms with Crippen molar-refractivity contribution in [3.63, 3.8) is 0 Å². The van der Waals surface area contributed by atoms with Gasteiger partial charge in [0.25, 0.3) is 0 Å². The summed E-state index contributed by atoms with van der Waals surface area (Å²) < 4.78 is 12.1. The van der Waals surface area contributed by atoms with Crippen LogP contribution in [0.5, 0.6) is 0 Å². The molecule has 0 aliphatic carbocycles. The third kappa shape index (κ3) is 3.31. The van der Waals surface area contributed by atoms with Crippen LogP contribution in [-0.4, -0.2) is 6.67 Å². The average Bonchev–Trinajstić information content (AvgIpc) is 2.03. The molecule has 0 heterocycles. The first-order valence-corrected chi connectivity index (χ1v) is 4.17. The predicted octanol–water partition coefficient (Wildman–Crippen LogP) is 3.38. The minimum absolute atomic E-state index is 0. The van der Waals surface area contributed by atoms with E-state index in [1.54, 1.807) is 18.2 Å². The lowest BCUT2D eigenvalue weighted by Gasteiger charge is -2.09. The van der Waals surface area contributed by atoms with Crippen LogP contribution in [0.25, 0.3) is 0 Å². The van der Waals surface area contributed by atoms with Gasteiger partial charge < -0.3 is 5.73 Å². The van der Waals surface area contributed by atoms with E-state index >= 15 is 0 Å². The molecule has 0 bridgehead atoms. The molecule has 1 nitrogen and oxygen atoms in total. The second kappa shape index (κ2) is 5.66. The van der Waals surface area contributed by atoms with E-state index in [0.717, 1.165) is 0 Å². The van der Waals surface area contributed by atoms with E-state index in [4.69, 9.17) is 28.9 Å². The monoisotopic (exact) mass is 243 g/mol. The molecule has 0 saturated carbocycles. The van der Waals surface area contributed by atoms with E-state index < -0.39 is 12.7 Å². The predicted molar refractivity (Wildman–Crippen MR) is 56.6 cm³/mol. The van der Waals surface area contributed by atoms with Gasteiger partial charge >= 0.3 is 0 Å². The van der Waals surface area contributed by atoms with Crippen molar-refractivity contribution in [1.82, 2.24) is 0 Å². The Balaban J connectivity index is 0.00000144. The van der Waals surface area contributed by atoms with Crippen molar-refractivity contribution in [3.8, 4) is 0 Å². The fraction of sp³-hybridized carbons (Fsp3) is 0.250. The zero-order valence-corrected chi connectivity index (χ0v) is 8.96. The van der Waals surface area contributed by atoms with Crippen LogP contribution < -0.4 is 5.73 Å². The second-order valence-electron chi connectivity index (χ2n) is 2.43. The van der Waals surface area contributed by atoms with Crippen molar-refractivity contribution in [3.05, 3.63) is 33.8 Å². The lowest BCUT2D eigenvalue weighted by Crippen LogP contribution is -2.12. The van der Waals surface area contributed by atoms with Crippen LogP contribution in [0.15, 0.2) is 18.2 Å². The molecule has 0 aliphatic heterocycles. The van der Waals surface area contributed by atoms with Crippen molar-refractivity contribution < 1.29 is 4.39 Å². The first-order valence-electron chi connectivity index (χ1n) is 3.41. The fourth-order valence-electron chi connectivity index (χ4n) is 0.885. The average molecular weight is 245 g/mol. The third-order valence-corrected chi connectivity index (χ3v) is 2.09. The summed E-state index contributed by atoms with van der Waals surface area (Å²) in [5.74, 6) is 0. The number of hydrogen-bond donors (Lipinski definition) is 1. The lowest BCUT2D eigenvalue weighted by atomic mass is 10.1. The molecular weight excluding hydrogens is 235 g/mol. The molecule has 74 valence electrons. The van der Waals surface area contributed by atoms with E-state index in [9.17, 15) is 4.39 Å². The van der Waals surface area contributed by atoms with Gasteiger partial charge in [-0.05, 0) is 17.7 Å². The number of hydrogen-bond acceptors (Lipinski definition) is 1. The van der Waals surface area contributed by atoms with Crippen molar-refractivity contribution in [1.29, 1.82) is 0 Å². The molecule has 1 aromatic carbocycles. The molecule has 0 amide bonds. The Morgan fingerprint density at radius 2 is 2.00 bits per heavy atom. The molecule has 0 aliphatic rings. The standard InChI is InChI=1S/C8H8Cl2FN.ClH/c9-5-1-2-6(7(10)3-5)8(12)4-11;/h1-3,8H,4,12H2;1H/t8-;/m1./s1. The van der Waals surface area contributed by atoms with Gasteiger partial charge in [-0.2, -0.15) is 0 Å². The normalized spacial score (nSPS) is 12.0. The van der Waals surface area contributed by atoms with E-state index in [1.807, 2.05) is 0 Å². The molecule has 0 spiro atoms. The summed E-state index contributed by atoms with van der Waals surface area (Å²) in [6.07, 6.45) is 0. The largest absolute Gasteiger partial charge is 0.322 e. The third-order valence-electron chi connectivity index (χ3n) is 1.53. The molecule has 0 saturated heterocycles. The van der Waals surface area contributed by atoms with Gasteiger partial charge in [0.1, 0.15) is 6.67 Å². The van der Waals surface area contributed by atoms with Gasteiger partial charge in [0.15, 0.2) is 0 Å². The highest BCUT2D eigenvalue weighted by atomic mass is 35.5. The molecule has 1 rings (SSSR count). The van der Waals surface area contributed by atoms with Gasteiger partial charge in [-0.25, -0.2) is 4.39 Å². The zero-order valence-electron chi connectivity index (χ0n) is 6.64. The molecule has 1 aromatic rings. The van der Waals surface area contributed by atoms with Gasteiger partial charge in [-0.15, -0.1) is 12.4 Å². The Morgan fingerprint density at radius 1 is 1.38 bits per heavy atom. The Hall–Kier alpha value is -0.0200. The molecule has 0 unspecified atom stereocenters. The van der Waals surface area contributed by atoms with E-state index in [-0.39, 0.29) is 12.4 Å². The minimum Gasteiger partial charge on any atom is -0.322 e. The molecule has 2 N–H and O–H groups in total. The second-order valence-corrected chi connectivity index (χ2v) is 3.27. The quantitative estimate of drug-likeness (QED) is 0.848. The molecule has 5 heteroatoms. The molecule has 0 aromatic heterocycles. The smallest absolute Gasteiger partial charge is 0.109 e. The SMILES string of the molecule is Cl.N[C@H](CF)c1ccc(Cl)cc1Cl. The molecule has 1 atom stereocenters. The first-order chi connectivity index (χ1) is 5.65. The molecule has 0 radical (unpaired) electrons. The van der Waals surface area contributed by atoms with Crippen LogP contribution in [0.2, 0.25) is 10.0 Å². The van der Waals surface area contributed by atoms with Crippen LogP contribution >= 0.6 is 35.6 Å². The maximum Gasteiger partial charge on any atom is 0.109 e. The number of nitrogens with two attached hydrogens (primary N) is 1. The van der Waals surface area contributed by atoms with E-state index in [2.05, 4.69) is 0 Å². The van der Waals surface area contributed by atoms with Crippen LogP contribution in [0.4, 0.5) is 4.39 Å². The van der Waals surface area contributed by atoms with Crippen molar-refractivity contribution in [2.75, 3.05) is 6.67 Å². The molecular formula is C8H9Cl3FN. The van der Waals surface area contributed by atoms with Gasteiger partial charge in [-0.1, -0.05) is 29.3 Å². The Labute approximate surface area is 92.4 Å². The Bertz CT molecular complexity index is 280. The fourth-order valence-corrected chi connectivity index (χ4v) is 1.43. The van der Waals surface area contributed by atoms with E-state index in [1.165, 1.54) is 0 Å². The van der Waals surface area contributed by atoms with Crippen molar-refractivity contribution in [2.45, 2.75) is 6.04 Å². The van der Waals surface area contributed by atoms with Crippen LogP contribution in [-0.2, 0) is 0 Å². The summed E-state index contributed by atoms with van der Waals surface area (Å²) in [6.45, 7) is -0.624. The Morgan fingerprint density at radius 3 is 2.46 bits per heavy atom. The van der Waals surface area contributed by atoms with Crippen molar-refractivity contribution in [2.24, 2.45) is 5.73 Å². The van der Waals surface area contributed by atoms with Gasteiger partial charge in [0.05, 0.1) is 6.04 Å². The van der Waals surface area contributed by atoms with E-state index in [0.29, 0.717) is 15.6 Å². The van der Waals surface area contributed by atoms with Gasteiger partial charge in [-0.3, -0.25) is 0 Å². The maximum absolute atomic E-state index is 12.1. The number of alkyl halides is 1. The van der Waals surface area contributed by atoms with Crippen molar-refractivity contribution >= 4 is 35.6 Å². The summed E-state index contributed by atoms with van der Waals surface area (Å²) in [7, 11) is 0. The number of rotatable bonds is 2. The topological polar surface area (TPSA) is 26.0 Å². The highest BCUT2D eigenvalue weighted by molar-refractivity contribution is 6.35. The molecule has 0 fully saturated rings. The Kier molecular flexibility index (Phi) is 5.65. The summed E-state index contributed by atoms with van der Waals surface area (Å²) in [5, 5.41) is 0.933. The first kappa shape index (κ1) is 13.0. The summed E-state index contributed by atoms with van der Waals surface area (Å²) in [5.41, 5.74) is 6.03. The lowest BCUT2D eigenvalue weighted by molar-refractivity contribution is 0.437. The highest BCUT2D eigenvalue weighted by Crippen LogP contribution is 2.25. The van der Waals surface area contributed by atoms with Crippen LogP contribution in [0.1, 0.15) is 11.6 Å². The minimum atomic E-state index is -0.658. The van der Waals surface area contributed by atoms with Gasteiger partial charge in [0.2, 0.25) is 0 Å². The number of halogens is 4. The summed E-state index contributed by atoms with van der Waals surface area (Å²) in [4.78, 5) is 0. The number of benzene rings is 1. The van der Waals surface area contributed by atoms with Gasteiger partial charge in [0, 0.05) is 10.0 Å². The maximum atomic E-state index is 12.1. The summed E-state index contributed by atoms with van der Waals surface area (Å²) >= 11 is 11.4. The highest BCUT2D eigenvalue weighted by Gasteiger charge is 2.09.